The Morgan fingerprint density at radius 1 is 0.947 bits per heavy atom. The highest BCUT2D eigenvalue weighted by atomic mass is 35.5. The van der Waals surface area contributed by atoms with Crippen molar-refractivity contribution in [2.24, 2.45) is 0 Å². The molecular weight excluding hydrogens is 256 g/mol. The summed E-state index contributed by atoms with van der Waals surface area (Å²) in [6, 6.07) is 7.81. The van der Waals surface area contributed by atoms with Gasteiger partial charge < -0.3 is 0 Å². The number of hydrogen-bond acceptors (Lipinski definition) is 2. The van der Waals surface area contributed by atoms with E-state index in [4.69, 9.17) is 11.6 Å². The molecule has 0 unspecified atom stereocenters. The van der Waals surface area contributed by atoms with E-state index < -0.39 is 0 Å². The minimum Gasteiger partial charge on any atom is -0.240 e. The molecule has 0 amide bonds. The molecule has 19 heavy (non-hydrogen) atoms. The molecule has 1 aromatic heterocycles. The Kier molecular flexibility index (Phi) is 3.79. The standard InChI is InChI=1S/C16H17ClN2/c17-15-9-5-4-8-14(15)13-10-18-16(19-11-13)12-6-2-1-3-7-12/h4-5,8-12H,1-3,6-7H2. The molecule has 3 heteroatoms. The third-order valence-electron chi connectivity index (χ3n) is 3.83. The van der Waals surface area contributed by atoms with E-state index in [2.05, 4.69) is 9.97 Å². The van der Waals surface area contributed by atoms with Crippen LogP contribution in [0.3, 0.4) is 0 Å². The highest BCUT2D eigenvalue weighted by molar-refractivity contribution is 6.33. The van der Waals surface area contributed by atoms with Gasteiger partial charge in [0.15, 0.2) is 0 Å². The van der Waals surface area contributed by atoms with Crippen molar-refractivity contribution in [1.82, 2.24) is 9.97 Å². The van der Waals surface area contributed by atoms with Gasteiger partial charge in [-0.1, -0.05) is 49.1 Å². The topological polar surface area (TPSA) is 25.8 Å². The first-order valence-corrected chi connectivity index (χ1v) is 7.29. The molecule has 1 aliphatic carbocycles. The van der Waals surface area contributed by atoms with Gasteiger partial charge in [-0.2, -0.15) is 0 Å². The van der Waals surface area contributed by atoms with Crippen LogP contribution in [-0.4, -0.2) is 9.97 Å². The SMILES string of the molecule is Clc1ccccc1-c1cnc(C2CCCCC2)nc1. The van der Waals surface area contributed by atoms with Crippen molar-refractivity contribution < 1.29 is 0 Å². The molecule has 2 aromatic rings. The molecule has 0 spiro atoms. The third kappa shape index (κ3) is 2.79. The quantitative estimate of drug-likeness (QED) is 0.781. The molecule has 1 fully saturated rings. The van der Waals surface area contributed by atoms with Gasteiger partial charge in [0.25, 0.3) is 0 Å². The summed E-state index contributed by atoms with van der Waals surface area (Å²) in [5.41, 5.74) is 1.99. The fourth-order valence-corrected chi connectivity index (χ4v) is 2.99. The smallest absolute Gasteiger partial charge is 0.131 e. The minimum absolute atomic E-state index is 0.550. The lowest BCUT2D eigenvalue weighted by molar-refractivity contribution is 0.428. The maximum absolute atomic E-state index is 6.19. The Bertz CT molecular complexity index is 545. The van der Waals surface area contributed by atoms with Crippen LogP contribution in [0.1, 0.15) is 43.8 Å². The fraction of sp³-hybridized carbons (Fsp3) is 0.375. The van der Waals surface area contributed by atoms with Crippen LogP contribution in [0.15, 0.2) is 36.7 Å². The summed E-state index contributed by atoms with van der Waals surface area (Å²) in [7, 11) is 0. The predicted octanol–water partition coefficient (Wildman–Crippen LogP) is 4.84. The molecule has 1 aliphatic rings. The van der Waals surface area contributed by atoms with Crippen molar-refractivity contribution in [3.05, 3.63) is 47.5 Å². The van der Waals surface area contributed by atoms with E-state index >= 15 is 0 Å². The minimum atomic E-state index is 0.550. The average molecular weight is 273 g/mol. The van der Waals surface area contributed by atoms with Gasteiger partial charge in [-0.25, -0.2) is 9.97 Å². The molecule has 0 bridgehead atoms. The molecule has 0 saturated heterocycles. The lowest BCUT2D eigenvalue weighted by Gasteiger charge is -2.20. The van der Waals surface area contributed by atoms with Gasteiger partial charge >= 0.3 is 0 Å². The number of nitrogens with zero attached hydrogens (tertiary/aromatic N) is 2. The molecule has 0 aliphatic heterocycles. The Hall–Kier alpha value is -1.41. The predicted molar refractivity (Wildman–Crippen MR) is 78.3 cm³/mol. The zero-order valence-corrected chi connectivity index (χ0v) is 11.6. The summed E-state index contributed by atoms with van der Waals surface area (Å²) < 4.78 is 0. The number of rotatable bonds is 2. The van der Waals surface area contributed by atoms with Gasteiger partial charge in [-0.3, -0.25) is 0 Å². The Labute approximate surface area is 118 Å². The molecule has 0 atom stereocenters. The second-order valence-corrected chi connectivity index (χ2v) is 5.55. The third-order valence-corrected chi connectivity index (χ3v) is 4.16. The van der Waals surface area contributed by atoms with Crippen molar-refractivity contribution in [3.63, 3.8) is 0 Å². The van der Waals surface area contributed by atoms with E-state index in [1.807, 2.05) is 36.7 Å². The van der Waals surface area contributed by atoms with Gasteiger partial charge in [0, 0.05) is 34.5 Å². The van der Waals surface area contributed by atoms with Gasteiger partial charge in [0.2, 0.25) is 0 Å². The first-order chi connectivity index (χ1) is 9.34. The van der Waals surface area contributed by atoms with Crippen LogP contribution in [0, 0.1) is 0 Å². The lowest BCUT2D eigenvalue weighted by Crippen LogP contribution is -2.08. The van der Waals surface area contributed by atoms with Crippen LogP contribution < -0.4 is 0 Å². The second-order valence-electron chi connectivity index (χ2n) is 5.14. The van der Waals surface area contributed by atoms with Gasteiger partial charge in [-0.15, -0.1) is 0 Å². The van der Waals surface area contributed by atoms with Crippen molar-refractivity contribution in [2.75, 3.05) is 0 Å². The van der Waals surface area contributed by atoms with E-state index in [1.54, 1.807) is 0 Å². The van der Waals surface area contributed by atoms with Crippen molar-refractivity contribution in [3.8, 4) is 11.1 Å². The van der Waals surface area contributed by atoms with Gasteiger partial charge in [0.05, 0.1) is 0 Å². The van der Waals surface area contributed by atoms with Gasteiger partial charge in [0.1, 0.15) is 5.82 Å². The average Bonchev–Trinajstić information content (AvgIpc) is 2.49. The largest absolute Gasteiger partial charge is 0.240 e. The summed E-state index contributed by atoms with van der Waals surface area (Å²) in [5.74, 6) is 1.55. The molecule has 2 nitrogen and oxygen atoms in total. The summed E-state index contributed by atoms with van der Waals surface area (Å²) in [6.07, 6.45) is 10.2. The normalized spacial score (nSPS) is 16.5. The number of benzene rings is 1. The number of aromatic nitrogens is 2. The summed E-state index contributed by atoms with van der Waals surface area (Å²) in [4.78, 5) is 9.10. The fourth-order valence-electron chi connectivity index (χ4n) is 2.74. The number of halogens is 1. The van der Waals surface area contributed by atoms with E-state index in [0.29, 0.717) is 5.92 Å². The van der Waals surface area contributed by atoms with Crippen LogP contribution in [0.5, 0.6) is 0 Å². The van der Waals surface area contributed by atoms with Crippen LogP contribution in [0.2, 0.25) is 5.02 Å². The first kappa shape index (κ1) is 12.6. The highest BCUT2D eigenvalue weighted by Gasteiger charge is 2.17. The molecular formula is C16H17ClN2. The van der Waals surface area contributed by atoms with Crippen molar-refractivity contribution in [1.29, 1.82) is 0 Å². The monoisotopic (exact) mass is 272 g/mol. The first-order valence-electron chi connectivity index (χ1n) is 6.91. The number of hydrogen-bond donors (Lipinski definition) is 0. The summed E-state index contributed by atoms with van der Waals surface area (Å²) >= 11 is 6.19. The molecule has 1 saturated carbocycles. The Morgan fingerprint density at radius 2 is 1.63 bits per heavy atom. The van der Waals surface area contributed by atoms with Crippen molar-refractivity contribution in [2.45, 2.75) is 38.0 Å². The molecule has 3 rings (SSSR count). The maximum Gasteiger partial charge on any atom is 0.131 e. The molecule has 1 heterocycles. The Morgan fingerprint density at radius 3 is 2.32 bits per heavy atom. The second kappa shape index (κ2) is 5.70. The van der Waals surface area contributed by atoms with E-state index in [9.17, 15) is 0 Å². The Balaban J connectivity index is 1.84. The molecule has 98 valence electrons. The van der Waals surface area contributed by atoms with Crippen LogP contribution in [0.25, 0.3) is 11.1 Å². The van der Waals surface area contributed by atoms with E-state index in [0.717, 1.165) is 22.0 Å². The summed E-state index contributed by atoms with van der Waals surface area (Å²) in [5, 5.41) is 0.747. The van der Waals surface area contributed by atoms with E-state index in [1.165, 1.54) is 32.1 Å². The molecule has 1 aromatic carbocycles. The van der Waals surface area contributed by atoms with Crippen LogP contribution in [-0.2, 0) is 0 Å². The highest BCUT2D eigenvalue weighted by Crippen LogP contribution is 2.31. The lowest BCUT2D eigenvalue weighted by atomic mass is 9.88. The van der Waals surface area contributed by atoms with E-state index in [-0.39, 0.29) is 0 Å². The maximum atomic E-state index is 6.19. The zero-order valence-electron chi connectivity index (χ0n) is 10.8. The van der Waals surface area contributed by atoms with Crippen LogP contribution >= 0.6 is 11.6 Å². The molecule has 0 radical (unpaired) electrons. The van der Waals surface area contributed by atoms with Gasteiger partial charge in [-0.05, 0) is 18.9 Å². The van der Waals surface area contributed by atoms with Crippen molar-refractivity contribution >= 4 is 11.6 Å². The summed E-state index contributed by atoms with van der Waals surface area (Å²) in [6.45, 7) is 0. The molecule has 0 N–H and O–H groups in total. The van der Waals surface area contributed by atoms with Crippen LogP contribution in [0.4, 0.5) is 0 Å². The zero-order chi connectivity index (χ0) is 13.1.